The first-order chi connectivity index (χ1) is 5.83. The molecule has 0 aromatic rings. The van der Waals surface area contributed by atoms with Crippen LogP contribution in [-0.2, 0) is 0 Å². The molecule has 3 heteroatoms. The van der Waals surface area contributed by atoms with Crippen LogP contribution < -0.4 is 0 Å². The summed E-state index contributed by atoms with van der Waals surface area (Å²) in [7, 11) is 0. The molecule has 62 valence electrons. The van der Waals surface area contributed by atoms with Crippen molar-refractivity contribution in [2.24, 2.45) is 4.99 Å². The first-order valence-corrected chi connectivity index (χ1v) is 4.66. The topological polar surface area (TPSA) is 15.6 Å². The minimum absolute atomic E-state index is 0.905. The predicted octanol–water partition coefficient (Wildman–Crippen LogP) is 1.99. The summed E-state index contributed by atoms with van der Waals surface area (Å²) in [6.45, 7) is 9.56. The second kappa shape index (κ2) is 2.83. The highest BCUT2D eigenvalue weighted by molar-refractivity contribution is 8.17. The van der Waals surface area contributed by atoms with Crippen molar-refractivity contribution >= 4 is 16.9 Å². The van der Waals surface area contributed by atoms with Gasteiger partial charge in [-0.15, -0.1) is 0 Å². The van der Waals surface area contributed by atoms with Crippen molar-refractivity contribution in [3.8, 4) is 0 Å². The third-order valence-corrected chi connectivity index (χ3v) is 3.01. The van der Waals surface area contributed by atoms with E-state index in [0.29, 0.717) is 0 Å². The summed E-state index contributed by atoms with van der Waals surface area (Å²) in [6.07, 6.45) is 3.77. The molecule has 0 aromatic heterocycles. The number of nitrogens with zero attached hydrogens (tertiary/aromatic N) is 2. The van der Waals surface area contributed by atoms with E-state index in [1.165, 1.54) is 4.91 Å². The molecule has 0 spiro atoms. The van der Waals surface area contributed by atoms with Crippen LogP contribution in [0.5, 0.6) is 0 Å². The number of allylic oxidation sites excluding steroid dienone is 2. The third-order valence-electron chi connectivity index (χ3n) is 1.88. The number of rotatable bonds is 1. The second-order valence-corrected chi connectivity index (χ2v) is 3.64. The number of hydrogen-bond acceptors (Lipinski definition) is 3. The Morgan fingerprint density at radius 1 is 1.58 bits per heavy atom. The fourth-order valence-corrected chi connectivity index (χ4v) is 2.35. The highest BCUT2D eigenvalue weighted by Gasteiger charge is 2.30. The Kier molecular flexibility index (Phi) is 1.81. The van der Waals surface area contributed by atoms with Crippen LogP contribution in [0.25, 0.3) is 0 Å². The van der Waals surface area contributed by atoms with Gasteiger partial charge in [-0.1, -0.05) is 19.2 Å². The molecular formula is C9H10N2S. The lowest BCUT2D eigenvalue weighted by Gasteiger charge is -2.10. The summed E-state index contributed by atoms with van der Waals surface area (Å²) in [4.78, 5) is 7.67. The highest BCUT2D eigenvalue weighted by atomic mass is 32.2. The van der Waals surface area contributed by atoms with E-state index in [4.69, 9.17) is 0 Å². The molecule has 1 saturated heterocycles. The number of amidine groups is 1. The first-order valence-electron chi connectivity index (χ1n) is 3.85. The largest absolute Gasteiger partial charge is 0.319 e. The molecular weight excluding hydrogens is 168 g/mol. The van der Waals surface area contributed by atoms with Gasteiger partial charge in [0.15, 0.2) is 5.17 Å². The zero-order valence-corrected chi connectivity index (χ0v) is 7.60. The summed E-state index contributed by atoms with van der Waals surface area (Å²) < 4.78 is 0. The van der Waals surface area contributed by atoms with Crippen LogP contribution in [0.15, 0.2) is 40.9 Å². The van der Waals surface area contributed by atoms with Crippen molar-refractivity contribution in [1.29, 1.82) is 0 Å². The Hall–Kier alpha value is -0.960. The summed E-state index contributed by atoms with van der Waals surface area (Å²) in [5, 5.41) is 1.09. The van der Waals surface area contributed by atoms with E-state index in [9.17, 15) is 0 Å². The quantitative estimate of drug-likeness (QED) is 0.610. The van der Waals surface area contributed by atoms with Gasteiger partial charge in [-0.25, -0.2) is 0 Å². The molecule has 2 rings (SSSR count). The van der Waals surface area contributed by atoms with E-state index in [1.807, 2.05) is 6.08 Å². The summed E-state index contributed by atoms with van der Waals surface area (Å²) in [5.41, 5.74) is 1.07. The molecule has 2 heterocycles. The molecule has 0 aliphatic carbocycles. The van der Waals surface area contributed by atoms with Crippen LogP contribution in [0, 0.1) is 0 Å². The molecule has 2 aliphatic rings. The number of fused-ring (bicyclic) bond motifs is 1. The highest BCUT2D eigenvalue weighted by Crippen LogP contribution is 2.38. The van der Waals surface area contributed by atoms with Gasteiger partial charge in [-0.05, 0) is 17.8 Å². The van der Waals surface area contributed by atoms with E-state index >= 15 is 0 Å². The van der Waals surface area contributed by atoms with Gasteiger partial charge in [0.05, 0.1) is 6.54 Å². The van der Waals surface area contributed by atoms with Crippen molar-refractivity contribution in [3.05, 3.63) is 35.9 Å². The van der Waals surface area contributed by atoms with Gasteiger partial charge in [0.25, 0.3) is 0 Å². The van der Waals surface area contributed by atoms with Gasteiger partial charge in [0.2, 0.25) is 0 Å². The molecule has 0 amide bonds. The van der Waals surface area contributed by atoms with Crippen LogP contribution >= 0.6 is 11.8 Å². The fraction of sp³-hybridized carbons (Fsp3) is 0.222. The van der Waals surface area contributed by atoms with Gasteiger partial charge < -0.3 is 4.90 Å². The van der Waals surface area contributed by atoms with Crippen LogP contribution in [0.2, 0.25) is 0 Å². The van der Waals surface area contributed by atoms with E-state index in [1.54, 1.807) is 17.8 Å². The van der Waals surface area contributed by atoms with Gasteiger partial charge in [0, 0.05) is 17.1 Å². The van der Waals surface area contributed by atoms with Crippen molar-refractivity contribution in [2.75, 3.05) is 13.1 Å². The molecule has 12 heavy (non-hydrogen) atoms. The zero-order chi connectivity index (χ0) is 8.55. The van der Waals surface area contributed by atoms with Crippen LogP contribution in [-0.4, -0.2) is 23.2 Å². The molecule has 0 N–H and O–H groups in total. The maximum atomic E-state index is 4.35. The third kappa shape index (κ3) is 1.01. The summed E-state index contributed by atoms with van der Waals surface area (Å²) in [5.74, 6) is 0. The molecule has 2 aliphatic heterocycles. The Morgan fingerprint density at radius 3 is 3.08 bits per heavy atom. The van der Waals surface area contributed by atoms with Crippen molar-refractivity contribution in [1.82, 2.24) is 4.90 Å². The lowest BCUT2D eigenvalue weighted by Crippen LogP contribution is -2.18. The summed E-state index contributed by atoms with van der Waals surface area (Å²) >= 11 is 1.68. The minimum Gasteiger partial charge on any atom is -0.319 e. The molecule has 1 fully saturated rings. The average molecular weight is 178 g/mol. The maximum absolute atomic E-state index is 4.35. The zero-order valence-electron chi connectivity index (χ0n) is 6.79. The Balaban J connectivity index is 2.31. The monoisotopic (exact) mass is 178 g/mol. The van der Waals surface area contributed by atoms with Gasteiger partial charge >= 0.3 is 0 Å². The Labute approximate surface area is 76.4 Å². The number of aliphatic imine (C=N–C) groups is 1. The lowest BCUT2D eigenvalue weighted by molar-refractivity contribution is 0.593. The predicted molar refractivity (Wildman–Crippen MR) is 54.0 cm³/mol. The van der Waals surface area contributed by atoms with Gasteiger partial charge in [-0.3, -0.25) is 4.99 Å². The van der Waals surface area contributed by atoms with Crippen LogP contribution in [0.1, 0.15) is 0 Å². The molecule has 0 atom stereocenters. The fourth-order valence-electron chi connectivity index (χ4n) is 1.29. The van der Waals surface area contributed by atoms with Crippen LogP contribution in [0.3, 0.4) is 0 Å². The molecule has 0 saturated carbocycles. The lowest BCUT2D eigenvalue weighted by atomic mass is 10.3. The number of hydrogen-bond donors (Lipinski definition) is 0. The van der Waals surface area contributed by atoms with Gasteiger partial charge in [-0.2, -0.15) is 0 Å². The van der Waals surface area contributed by atoms with E-state index in [2.05, 4.69) is 23.1 Å². The van der Waals surface area contributed by atoms with Crippen molar-refractivity contribution in [2.45, 2.75) is 0 Å². The van der Waals surface area contributed by atoms with E-state index in [-0.39, 0.29) is 0 Å². The maximum Gasteiger partial charge on any atom is 0.168 e. The second-order valence-electron chi connectivity index (χ2n) is 2.63. The SMILES string of the molecule is C=C/C=C1/SC2=NCCN2C1=C. The number of thioether (sulfide) groups is 1. The Bertz CT molecular complexity index is 302. The van der Waals surface area contributed by atoms with E-state index in [0.717, 1.165) is 24.0 Å². The van der Waals surface area contributed by atoms with Crippen molar-refractivity contribution < 1.29 is 0 Å². The normalized spacial score (nSPS) is 24.7. The standard InChI is InChI=1S/C9H10N2S/c1-3-4-8-7(2)11-6-5-10-9(11)12-8/h3-4H,1-2,5-6H2/b8-4+. The van der Waals surface area contributed by atoms with Crippen molar-refractivity contribution in [3.63, 3.8) is 0 Å². The minimum atomic E-state index is 0.905. The molecule has 0 unspecified atom stereocenters. The smallest absolute Gasteiger partial charge is 0.168 e. The molecule has 0 radical (unpaired) electrons. The first kappa shape index (κ1) is 7.68. The molecule has 0 aromatic carbocycles. The summed E-state index contributed by atoms with van der Waals surface area (Å²) in [6, 6.07) is 0. The molecule has 0 bridgehead atoms. The van der Waals surface area contributed by atoms with Crippen LogP contribution in [0.4, 0.5) is 0 Å². The molecule has 2 nitrogen and oxygen atoms in total. The average Bonchev–Trinajstić information content (AvgIpc) is 2.58. The van der Waals surface area contributed by atoms with Gasteiger partial charge in [0.1, 0.15) is 0 Å². The van der Waals surface area contributed by atoms with E-state index < -0.39 is 0 Å². The Morgan fingerprint density at radius 2 is 2.42 bits per heavy atom.